The van der Waals surface area contributed by atoms with Crippen LogP contribution in [0.4, 0.5) is 0 Å². The zero-order chi connectivity index (χ0) is 12.9. The van der Waals surface area contributed by atoms with E-state index in [9.17, 15) is 0 Å². The number of hydrogen-bond acceptors (Lipinski definition) is 1. The minimum atomic E-state index is -1.16. The molecule has 1 atom stereocenters. The summed E-state index contributed by atoms with van der Waals surface area (Å²) in [5, 5.41) is 9.03. The van der Waals surface area contributed by atoms with E-state index in [-0.39, 0.29) is 0 Å². The van der Waals surface area contributed by atoms with E-state index in [1.165, 1.54) is 5.56 Å². The molecule has 0 saturated carbocycles. The highest BCUT2D eigenvalue weighted by atomic mass is 28.3. The molecule has 0 bridgehead atoms. The molecule has 92 valence electrons. The lowest BCUT2D eigenvalue weighted by Crippen LogP contribution is -2.52. The molecule has 1 rings (SSSR count). The molecule has 2 nitrogen and oxygen atoms in total. The summed E-state index contributed by atoms with van der Waals surface area (Å²) < 4.78 is 0.843. The van der Waals surface area contributed by atoms with Crippen molar-refractivity contribution in [1.29, 1.82) is 5.26 Å². The van der Waals surface area contributed by atoms with Gasteiger partial charge in [0.1, 0.15) is 20.7 Å². The van der Waals surface area contributed by atoms with E-state index < -0.39 is 8.07 Å². The third-order valence-corrected chi connectivity index (χ3v) is 4.43. The highest BCUT2D eigenvalue weighted by Gasteiger charge is 2.30. The Morgan fingerprint density at radius 1 is 1.18 bits per heavy atom. The highest BCUT2D eigenvalue weighted by molar-refractivity contribution is 6.75. The molecule has 17 heavy (non-hydrogen) atoms. The quantitative estimate of drug-likeness (QED) is 0.446. The molecule has 0 spiro atoms. The Morgan fingerprint density at radius 2 is 1.76 bits per heavy atom. The first-order valence-corrected chi connectivity index (χ1v) is 9.80. The number of rotatable bonds is 5. The molecule has 1 aromatic carbocycles. The van der Waals surface area contributed by atoms with Gasteiger partial charge in [0.15, 0.2) is 6.54 Å². The number of quaternary nitrogens is 1. The number of nitrogens with zero attached hydrogens (tertiary/aromatic N) is 2. The molecule has 0 saturated heterocycles. The Bertz CT molecular complexity index is 389. The Kier molecular flexibility index (Phi) is 4.50. The second kappa shape index (κ2) is 5.48. The lowest BCUT2D eigenvalue weighted by molar-refractivity contribution is -0.906. The van der Waals surface area contributed by atoms with Crippen LogP contribution in [0.2, 0.25) is 19.6 Å². The summed E-state index contributed by atoms with van der Waals surface area (Å²) in [6.45, 7) is 8.65. The van der Waals surface area contributed by atoms with Crippen molar-refractivity contribution in [1.82, 2.24) is 0 Å². The fraction of sp³-hybridized carbons (Fsp3) is 0.500. The third kappa shape index (κ3) is 5.16. The average molecular weight is 247 g/mol. The van der Waals surface area contributed by atoms with Gasteiger partial charge in [-0.3, -0.25) is 0 Å². The summed E-state index contributed by atoms with van der Waals surface area (Å²) in [5.74, 6) is 0. The number of nitriles is 1. The van der Waals surface area contributed by atoms with Gasteiger partial charge >= 0.3 is 0 Å². The molecule has 0 N–H and O–H groups in total. The van der Waals surface area contributed by atoms with Crippen molar-refractivity contribution in [2.45, 2.75) is 26.2 Å². The van der Waals surface area contributed by atoms with Gasteiger partial charge in [-0.05, 0) is 0 Å². The van der Waals surface area contributed by atoms with E-state index in [2.05, 4.69) is 57.0 Å². The molecule has 0 aliphatic carbocycles. The molecule has 0 radical (unpaired) electrons. The van der Waals surface area contributed by atoms with Gasteiger partial charge in [-0.25, -0.2) is 0 Å². The molecule has 0 fully saturated rings. The summed E-state index contributed by atoms with van der Waals surface area (Å²) in [7, 11) is 1.04. The Balaban J connectivity index is 2.82. The van der Waals surface area contributed by atoms with Gasteiger partial charge in [-0.15, -0.1) is 0 Å². The van der Waals surface area contributed by atoms with Crippen LogP contribution in [0, 0.1) is 11.3 Å². The molecular weight excluding hydrogens is 224 g/mol. The maximum atomic E-state index is 9.03. The van der Waals surface area contributed by atoms with Crippen molar-refractivity contribution in [2.75, 3.05) is 19.8 Å². The third-order valence-electron chi connectivity index (χ3n) is 2.72. The first-order chi connectivity index (χ1) is 7.85. The lowest BCUT2D eigenvalue weighted by Gasteiger charge is -2.36. The molecule has 0 amide bonds. The SMILES string of the molecule is C[N+](CC#N)(Cc1ccccc1)C[Si](C)(C)C. The topological polar surface area (TPSA) is 23.8 Å². The summed E-state index contributed by atoms with van der Waals surface area (Å²) >= 11 is 0. The maximum absolute atomic E-state index is 9.03. The molecule has 3 heteroatoms. The average Bonchev–Trinajstić information content (AvgIpc) is 2.15. The standard InChI is InChI=1S/C14H23N2Si/c1-16(11-10-15,13-17(2,3)4)12-14-8-6-5-7-9-14/h5-9H,11-13H2,1-4H3/q+1. The Labute approximate surface area is 106 Å². The van der Waals surface area contributed by atoms with Crippen LogP contribution >= 0.6 is 0 Å². The van der Waals surface area contributed by atoms with Gasteiger partial charge in [0.25, 0.3) is 0 Å². The van der Waals surface area contributed by atoms with Crippen LogP contribution in [0.3, 0.4) is 0 Å². The smallest absolute Gasteiger partial charge is 0.166 e. The van der Waals surface area contributed by atoms with Crippen LogP contribution < -0.4 is 0 Å². The van der Waals surface area contributed by atoms with Gasteiger partial charge < -0.3 is 4.48 Å². The second-order valence-corrected chi connectivity index (χ2v) is 11.7. The van der Waals surface area contributed by atoms with Crippen molar-refractivity contribution < 1.29 is 4.48 Å². The van der Waals surface area contributed by atoms with Crippen molar-refractivity contribution in [3.05, 3.63) is 35.9 Å². The minimum Gasteiger partial charge on any atom is -0.314 e. The van der Waals surface area contributed by atoms with E-state index in [0.717, 1.165) is 17.2 Å². The predicted octanol–water partition coefficient (Wildman–Crippen LogP) is 3.03. The van der Waals surface area contributed by atoms with Crippen LogP contribution in [-0.4, -0.2) is 32.3 Å². The molecule has 0 aromatic heterocycles. The van der Waals surface area contributed by atoms with Gasteiger partial charge in [-0.1, -0.05) is 50.0 Å². The van der Waals surface area contributed by atoms with Crippen LogP contribution in [0.5, 0.6) is 0 Å². The molecule has 1 aromatic rings. The van der Waals surface area contributed by atoms with Gasteiger partial charge in [-0.2, -0.15) is 5.26 Å². The summed E-state index contributed by atoms with van der Waals surface area (Å²) in [4.78, 5) is 0. The summed E-state index contributed by atoms with van der Waals surface area (Å²) in [5.41, 5.74) is 1.32. The van der Waals surface area contributed by atoms with Gasteiger partial charge in [0, 0.05) is 5.56 Å². The number of benzene rings is 1. The Hall–Kier alpha value is -1.11. The van der Waals surface area contributed by atoms with E-state index in [1.807, 2.05) is 6.07 Å². The van der Waals surface area contributed by atoms with Crippen LogP contribution in [0.25, 0.3) is 0 Å². The Morgan fingerprint density at radius 3 is 2.24 bits per heavy atom. The molecular formula is C14H23N2Si+. The molecule has 1 unspecified atom stereocenters. The summed E-state index contributed by atoms with van der Waals surface area (Å²) in [6.07, 6.45) is 1.15. The molecule has 0 aliphatic rings. The maximum Gasteiger partial charge on any atom is 0.166 e. The van der Waals surface area contributed by atoms with Crippen molar-refractivity contribution in [3.63, 3.8) is 0 Å². The number of hydrogen-bond donors (Lipinski definition) is 0. The molecule has 0 aliphatic heterocycles. The fourth-order valence-electron chi connectivity index (χ4n) is 2.51. The van der Waals surface area contributed by atoms with Crippen molar-refractivity contribution in [3.8, 4) is 6.07 Å². The lowest BCUT2D eigenvalue weighted by atomic mass is 10.2. The molecule has 0 heterocycles. The van der Waals surface area contributed by atoms with Gasteiger partial charge in [0.05, 0.1) is 13.2 Å². The van der Waals surface area contributed by atoms with E-state index in [1.54, 1.807) is 0 Å². The minimum absolute atomic E-state index is 0.596. The first kappa shape index (κ1) is 13.9. The highest BCUT2D eigenvalue weighted by Crippen LogP contribution is 2.16. The van der Waals surface area contributed by atoms with E-state index >= 15 is 0 Å². The van der Waals surface area contributed by atoms with Crippen LogP contribution in [-0.2, 0) is 6.54 Å². The van der Waals surface area contributed by atoms with Crippen LogP contribution in [0.15, 0.2) is 30.3 Å². The zero-order valence-corrected chi connectivity index (χ0v) is 12.4. The van der Waals surface area contributed by atoms with Crippen molar-refractivity contribution >= 4 is 8.07 Å². The fourth-order valence-corrected chi connectivity index (χ4v) is 5.02. The zero-order valence-electron chi connectivity index (χ0n) is 11.4. The van der Waals surface area contributed by atoms with Crippen LogP contribution in [0.1, 0.15) is 5.56 Å². The van der Waals surface area contributed by atoms with E-state index in [4.69, 9.17) is 5.26 Å². The monoisotopic (exact) mass is 247 g/mol. The second-order valence-electron chi connectivity index (χ2n) is 6.30. The van der Waals surface area contributed by atoms with Crippen molar-refractivity contribution in [2.24, 2.45) is 0 Å². The largest absolute Gasteiger partial charge is 0.314 e. The van der Waals surface area contributed by atoms with Gasteiger partial charge in [0.2, 0.25) is 0 Å². The predicted molar refractivity (Wildman–Crippen MR) is 75.0 cm³/mol. The normalized spacial score (nSPS) is 15.0. The first-order valence-electron chi connectivity index (χ1n) is 6.09. The summed E-state index contributed by atoms with van der Waals surface area (Å²) in [6, 6.07) is 12.8. The van der Waals surface area contributed by atoms with E-state index in [0.29, 0.717) is 6.54 Å².